The van der Waals surface area contributed by atoms with Gasteiger partial charge >= 0.3 is 0 Å². The van der Waals surface area contributed by atoms with E-state index in [-0.39, 0.29) is 5.91 Å². The molecule has 114 valence electrons. The smallest absolute Gasteiger partial charge is 0.244 e. The van der Waals surface area contributed by atoms with E-state index >= 15 is 0 Å². The summed E-state index contributed by atoms with van der Waals surface area (Å²) < 4.78 is 5.25. The third-order valence-corrected chi connectivity index (χ3v) is 3.16. The van der Waals surface area contributed by atoms with Gasteiger partial charge in [0, 0.05) is 24.9 Å². The Kier molecular flexibility index (Phi) is 4.24. The van der Waals surface area contributed by atoms with Crippen molar-refractivity contribution in [2.45, 2.75) is 6.92 Å². The van der Waals surface area contributed by atoms with Gasteiger partial charge in [-0.25, -0.2) is 9.99 Å². The minimum atomic E-state index is -0.178. The van der Waals surface area contributed by atoms with E-state index in [0.29, 0.717) is 11.4 Å². The quantitative estimate of drug-likeness (QED) is 0.548. The summed E-state index contributed by atoms with van der Waals surface area (Å²) in [7, 11) is 0. The van der Waals surface area contributed by atoms with Crippen LogP contribution < -0.4 is 5.01 Å². The average Bonchev–Trinajstić information content (AvgIpc) is 3.11. The third-order valence-electron chi connectivity index (χ3n) is 3.16. The van der Waals surface area contributed by atoms with Crippen LogP contribution in [0.15, 0.2) is 70.9 Å². The van der Waals surface area contributed by atoms with Gasteiger partial charge in [-0.1, -0.05) is 0 Å². The van der Waals surface area contributed by atoms with Crippen molar-refractivity contribution in [1.29, 1.82) is 0 Å². The summed E-state index contributed by atoms with van der Waals surface area (Å²) in [4.78, 5) is 19.7. The number of nitrogens with zero attached hydrogens (tertiary/aromatic N) is 4. The first-order valence-electron chi connectivity index (χ1n) is 6.97. The highest BCUT2D eigenvalue weighted by atomic mass is 16.3. The lowest BCUT2D eigenvalue weighted by molar-refractivity contribution is -0.116. The van der Waals surface area contributed by atoms with Crippen molar-refractivity contribution in [3.8, 4) is 11.3 Å². The molecule has 0 aliphatic heterocycles. The number of pyridine rings is 1. The predicted molar refractivity (Wildman–Crippen MR) is 86.9 cm³/mol. The molecule has 0 aliphatic rings. The highest BCUT2D eigenvalue weighted by Gasteiger charge is 2.10. The summed E-state index contributed by atoms with van der Waals surface area (Å²) in [5, 5.41) is 5.59. The number of amides is 1. The van der Waals surface area contributed by atoms with Crippen LogP contribution in [0.25, 0.3) is 11.3 Å². The van der Waals surface area contributed by atoms with Crippen LogP contribution in [-0.4, -0.2) is 22.1 Å². The van der Waals surface area contributed by atoms with Crippen LogP contribution >= 0.6 is 0 Å². The van der Waals surface area contributed by atoms with Gasteiger partial charge < -0.3 is 4.42 Å². The van der Waals surface area contributed by atoms with E-state index in [4.69, 9.17) is 4.42 Å². The summed E-state index contributed by atoms with van der Waals surface area (Å²) in [6.07, 6.45) is 7.98. The monoisotopic (exact) mass is 306 g/mol. The number of rotatable bonds is 4. The van der Waals surface area contributed by atoms with Gasteiger partial charge in [-0.05, 0) is 42.0 Å². The summed E-state index contributed by atoms with van der Waals surface area (Å²) in [6, 6.07) is 11.0. The number of aromatic nitrogens is 2. The van der Waals surface area contributed by atoms with E-state index in [1.54, 1.807) is 24.8 Å². The molecule has 6 nitrogen and oxygen atoms in total. The normalized spacial score (nSPS) is 10.8. The van der Waals surface area contributed by atoms with Crippen LogP contribution in [0, 0.1) is 0 Å². The summed E-state index contributed by atoms with van der Waals surface area (Å²) in [5.74, 6) is 0.494. The van der Waals surface area contributed by atoms with Crippen molar-refractivity contribution >= 4 is 17.8 Å². The number of carbonyl (C=O) groups excluding carboxylic acids is 1. The summed E-state index contributed by atoms with van der Waals surface area (Å²) >= 11 is 0. The van der Waals surface area contributed by atoms with Gasteiger partial charge in [0.2, 0.25) is 5.91 Å². The first-order chi connectivity index (χ1) is 11.2. The Labute approximate surface area is 133 Å². The molecule has 23 heavy (non-hydrogen) atoms. The van der Waals surface area contributed by atoms with Crippen molar-refractivity contribution in [1.82, 2.24) is 9.97 Å². The van der Waals surface area contributed by atoms with E-state index in [1.165, 1.54) is 18.3 Å². The predicted octanol–water partition coefficient (Wildman–Crippen LogP) is 3.12. The van der Waals surface area contributed by atoms with Gasteiger partial charge in [-0.15, -0.1) is 0 Å². The Morgan fingerprint density at radius 1 is 1.13 bits per heavy atom. The lowest BCUT2D eigenvalue weighted by Gasteiger charge is -2.15. The lowest BCUT2D eigenvalue weighted by atomic mass is 10.1. The summed E-state index contributed by atoms with van der Waals surface area (Å²) in [6.45, 7) is 1.47. The zero-order valence-electron chi connectivity index (χ0n) is 12.5. The van der Waals surface area contributed by atoms with Crippen LogP contribution in [0.3, 0.4) is 0 Å². The molecule has 0 radical (unpaired) electrons. The van der Waals surface area contributed by atoms with Crippen LogP contribution in [0.2, 0.25) is 0 Å². The van der Waals surface area contributed by atoms with Gasteiger partial charge in [0.15, 0.2) is 12.2 Å². The number of carbonyl (C=O) groups is 1. The first-order valence-corrected chi connectivity index (χ1v) is 6.97. The number of anilines is 1. The third kappa shape index (κ3) is 3.49. The van der Waals surface area contributed by atoms with Gasteiger partial charge in [-0.3, -0.25) is 9.78 Å². The Bertz CT molecular complexity index is 796. The molecule has 0 bridgehead atoms. The molecular formula is C17H14N4O2. The number of benzene rings is 1. The van der Waals surface area contributed by atoms with Crippen LogP contribution in [0.5, 0.6) is 0 Å². The number of hydrogen-bond acceptors (Lipinski definition) is 5. The molecule has 1 aromatic carbocycles. The van der Waals surface area contributed by atoms with Crippen molar-refractivity contribution in [3.63, 3.8) is 0 Å². The maximum atomic E-state index is 11.9. The van der Waals surface area contributed by atoms with E-state index in [1.807, 2.05) is 36.4 Å². The minimum Gasteiger partial charge on any atom is -0.444 e. The zero-order valence-corrected chi connectivity index (χ0v) is 12.5. The van der Waals surface area contributed by atoms with Crippen molar-refractivity contribution in [2.75, 3.05) is 5.01 Å². The van der Waals surface area contributed by atoms with Gasteiger partial charge in [0.1, 0.15) is 0 Å². The topological polar surface area (TPSA) is 71.6 Å². The fraction of sp³-hybridized carbons (Fsp3) is 0.0588. The van der Waals surface area contributed by atoms with Crippen LogP contribution in [0.1, 0.15) is 12.5 Å². The highest BCUT2D eigenvalue weighted by molar-refractivity contribution is 5.93. The van der Waals surface area contributed by atoms with Gasteiger partial charge in [-0.2, -0.15) is 5.10 Å². The largest absolute Gasteiger partial charge is 0.444 e. The Morgan fingerprint density at radius 2 is 1.87 bits per heavy atom. The second-order valence-corrected chi connectivity index (χ2v) is 4.77. The van der Waals surface area contributed by atoms with Gasteiger partial charge in [0.05, 0.1) is 18.1 Å². The van der Waals surface area contributed by atoms with Crippen LogP contribution in [-0.2, 0) is 4.79 Å². The molecule has 3 rings (SSSR count). The van der Waals surface area contributed by atoms with Crippen molar-refractivity contribution < 1.29 is 9.21 Å². The molecule has 0 spiro atoms. The molecule has 0 N–H and O–H groups in total. The lowest BCUT2D eigenvalue weighted by Crippen LogP contribution is -2.22. The molecule has 0 unspecified atom stereocenters. The molecule has 1 amide bonds. The molecule has 3 aromatic rings. The molecule has 2 heterocycles. The number of hydrogen-bond donors (Lipinski definition) is 0. The molecule has 6 heteroatoms. The molecule has 0 fully saturated rings. The number of oxazole rings is 1. The number of hydrazone groups is 1. The minimum absolute atomic E-state index is 0.178. The van der Waals surface area contributed by atoms with E-state index in [0.717, 1.165) is 11.1 Å². The van der Waals surface area contributed by atoms with E-state index in [2.05, 4.69) is 15.1 Å². The molecule has 0 aliphatic carbocycles. The second-order valence-electron chi connectivity index (χ2n) is 4.77. The maximum absolute atomic E-state index is 11.9. The molecular weight excluding hydrogens is 292 g/mol. The van der Waals surface area contributed by atoms with Gasteiger partial charge in [0.25, 0.3) is 0 Å². The average molecular weight is 306 g/mol. The zero-order chi connectivity index (χ0) is 16.1. The van der Waals surface area contributed by atoms with E-state index in [9.17, 15) is 4.79 Å². The molecule has 0 saturated carbocycles. The SMILES string of the molecule is CC(=O)N(/N=C/c1ccncc1)c1ccc(-c2cnco2)cc1. The fourth-order valence-corrected chi connectivity index (χ4v) is 2.03. The highest BCUT2D eigenvalue weighted by Crippen LogP contribution is 2.23. The molecule has 0 atom stereocenters. The molecule has 2 aromatic heterocycles. The van der Waals surface area contributed by atoms with E-state index < -0.39 is 0 Å². The summed E-state index contributed by atoms with van der Waals surface area (Å²) in [5.41, 5.74) is 2.42. The fourth-order valence-electron chi connectivity index (χ4n) is 2.03. The van der Waals surface area contributed by atoms with Crippen molar-refractivity contribution in [2.24, 2.45) is 5.10 Å². The standard InChI is InChI=1S/C17H14N4O2/c1-13(22)21(20-10-14-6-8-18-9-7-14)16-4-2-15(3-5-16)17-11-19-12-23-17/h2-12H,1H3/b20-10+. The second kappa shape index (κ2) is 6.65. The Morgan fingerprint density at radius 3 is 2.48 bits per heavy atom. The van der Waals surface area contributed by atoms with Crippen LogP contribution in [0.4, 0.5) is 5.69 Å². The molecule has 0 saturated heterocycles. The Hall–Kier alpha value is -3.28. The maximum Gasteiger partial charge on any atom is 0.244 e. The first kappa shape index (κ1) is 14.6. The Balaban J connectivity index is 1.84. The van der Waals surface area contributed by atoms with Crippen molar-refractivity contribution in [3.05, 3.63) is 66.9 Å².